The van der Waals surface area contributed by atoms with Gasteiger partial charge in [0.05, 0.1) is 0 Å². The van der Waals surface area contributed by atoms with E-state index in [2.05, 4.69) is 17.1 Å². The summed E-state index contributed by atoms with van der Waals surface area (Å²) in [7, 11) is 0. The Labute approximate surface area is 111 Å². The lowest BCUT2D eigenvalue weighted by Crippen LogP contribution is -2.46. The van der Waals surface area contributed by atoms with Crippen LogP contribution in [0.4, 0.5) is 0 Å². The summed E-state index contributed by atoms with van der Waals surface area (Å²) in [6.45, 7) is 6.66. The number of nitrogens with one attached hydrogen (secondary N) is 1. The Morgan fingerprint density at radius 2 is 2.22 bits per heavy atom. The minimum Gasteiger partial charge on any atom is -0.481 e. The second kappa shape index (κ2) is 9.34. The number of aliphatic carboxylic acids is 1. The quantitative estimate of drug-likeness (QED) is 0.620. The fraction of sp³-hybridized carbons (Fsp3) is 0.929. The maximum absolute atomic E-state index is 10.4. The van der Waals surface area contributed by atoms with Crippen LogP contribution in [0.5, 0.6) is 0 Å². The van der Waals surface area contributed by atoms with Gasteiger partial charge in [0.2, 0.25) is 0 Å². The van der Waals surface area contributed by atoms with E-state index in [4.69, 9.17) is 5.11 Å². The van der Waals surface area contributed by atoms with E-state index in [1.165, 1.54) is 45.2 Å². The smallest absolute Gasteiger partial charge is 0.303 e. The van der Waals surface area contributed by atoms with Crippen LogP contribution >= 0.6 is 0 Å². The highest BCUT2D eigenvalue weighted by Crippen LogP contribution is 2.11. The van der Waals surface area contributed by atoms with Gasteiger partial charge in [-0.05, 0) is 45.3 Å². The molecular weight excluding hydrogens is 228 g/mol. The van der Waals surface area contributed by atoms with Crippen molar-refractivity contribution in [2.24, 2.45) is 0 Å². The third-order valence-electron chi connectivity index (χ3n) is 3.58. The maximum atomic E-state index is 10.4. The number of carboxylic acid groups (broad SMARTS) is 1. The summed E-state index contributed by atoms with van der Waals surface area (Å²) in [5, 5.41) is 12.1. The van der Waals surface area contributed by atoms with Crippen molar-refractivity contribution in [3.05, 3.63) is 0 Å². The van der Waals surface area contributed by atoms with Gasteiger partial charge < -0.3 is 15.3 Å². The zero-order valence-electron chi connectivity index (χ0n) is 11.7. The first-order chi connectivity index (χ1) is 8.72. The standard InChI is InChI=1S/C14H28N2O2/c1-2-3-4-10-16-11-6-7-13(12-16)15-9-5-8-14(17)18/h13,15H,2-12H2,1H3,(H,17,18). The van der Waals surface area contributed by atoms with E-state index in [1.807, 2.05) is 0 Å². The summed E-state index contributed by atoms with van der Waals surface area (Å²) in [5.74, 6) is -0.693. The predicted molar refractivity (Wildman–Crippen MR) is 73.9 cm³/mol. The second-order valence-corrected chi connectivity index (χ2v) is 5.30. The average molecular weight is 256 g/mol. The second-order valence-electron chi connectivity index (χ2n) is 5.30. The number of carbonyl (C=O) groups is 1. The summed E-state index contributed by atoms with van der Waals surface area (Å²) in [4.78, 5) is 13.0. The molecule has 0 aromatic rings. The van der Waals surface area contributed by atoms with Crippen LogP contribution in [-0.2, 0) is 4.79 Å². The molecular formula is C14H28N2O2. The number of hydrogen-bond acceptors (Lipinski definition) is 3. The average Bonchev–Trinajstić information content (AvgIpc) is 2.35. The molecule has 1 rings (SSSR count). The topological polar surface area (TPSA) is 52.6 Å². The van der Waals surface area contributed by atoms with E-state index in [9.17, 15) is 4.79 Å². The lowest BCUT2D eigenvalue weighted by Gasteiger charge is -2.33. The van der Waals surface area contributed by atoms with Gasteiger partial charge in [-0.15, -0.1) is 0 Å². The molecule has 0 aromatic carbocycles. The summed E-state index contributed by atoms with van der Waals surface area (Å²) in [6.07, 6.45) is 7.43. The monoisotopic (exact) mass is 256 g/mol. The Kier molecular flexibility index (Phi) is 8.01. The summed E-state index contributed by atoms with van der Waals surface area (Å²) in [5.41, 5.74) is 0. The number of unbranched alkanes of at least 4 members (excludes halogenated alkanes) is 2. The number of piperidine rings is 1. The van der Waals surface area contributed by atoms with Crippen LogP contribution < -0.4 is 5.32 Å². The van der Waals surface area contributed by atoms with Gasteiger partial charge in [-0.3, -0.25) is 4.79 Å². The largest absolute Gasteiger partial charge is 0.481 e. The SMILES string of the molecule is CCCCCN1CCCC(NCCCC(=O)O)C1. The van der Waals surface area contributed by atoms with E-state index < -0.39 is 5.97 Å². The molecule has 2 N–H and O–H groups in total. The highest BCUT2D eigenvalue weighted by Gasteiger charge is 2.18. The summed E-state index contributed by atoms with van der Waals surface area (Å²) in [6, 6.07) is 0.564. The molecule has 0 saturated carbocycles. The first-order valence-corrected chi connectivity index (χ1v) is 7.40. The van der Waals surface area contributed by atoms with Crippen LogP contribution in [-0.4, -0.2) is 48.2 Å². The summed E-state index contributed by atoms with van der Waals surface area (Å²) < 4.78 is 0. The molecule has 1 unspecified atom stereocenters. The van der Waals surface area contributed by atoms with E-state index >= 15 is 0 Å². The molecule has 106 valence electrons. The molecule has 18 heavy (non-hydrogen) atoms. The number of likely N-dealkylation sites (tertiary alicyclic amines) is 1. The van der Waals surface area contributed by atoms with Crippen molar-refractivity contribution >= 4 is 5.97 Å². The zero-order valence-corrected chi connectivity index (χ0v) is 11.7. The van der Waals surface area contributed by atoms with E-state index in [1.54, 1.807) is 0 Å². The van der Waals surface area contributed by atoms with Crippen molar-refractivity contribution in [1.29, 1.82) is 0 Å². The van der Waals surface area contributed by atoms with Crippen molar-refractivity contribution in [3.8, 4) is 0 Å². The molecule has 0 aromatic heterocycles. The Bertz CT molecular complexity index is 234. The minimum atomic E-state index is -0.693. The maximum Gasteiger partial charge on any atom is 0.303 e. The highest BCUT2D eigenvalue weighted by atomic mass is 16.4. The fourth-order valence-electron chi connectivity index (χ4n) is 2.56. The number of carboxylic acids is 1. The molecule has 1 aliphatic rings. The fourth-order valence-corrected chi connectivity index (χ4v) is 2.56. The van der Waals surface area contributed by atoms with Gasteiger partial charge in [0, 0.05) is 19.0 Å². The molecule has 4 heteroatoms. The Morgan fingerprint density at radius 3 is 2.94 bits per heavy atom. The number of nitrogens with zero attached hydrogens (tertiary/aromatic N) is 1. The molecule has 1 fully saturated rings. The van der Waals surface area contributed by atoms with Gasteiger partial charge in [-0.25, -0.2) is 0 Å². The Balaban J connectivity index is 2.08. The van der Waals surface area contributed by atoms with Crippen LogP contribution in [0.3, 0.4) is 0 Å². The van der Waals surface area contributed by atoms with Crippen molar-refractivity contribution < 1.29 is 9.90 Å². The van der Waals surface area contributed by atoms with Crippen LogP contribution in [0.1, 0.15) is 51.9 Å². The van der Waals surface area contributed by atoms with E-state index in [-0.39, 0.29) is 6.42 Å². The van der Waals surface area contributed by atoms with Crippen molar-refractivity contribution in [3.63, 3.8) is 0 Å². The Hall–Kier alpha value is -0.610. The Morgan fingerprint density at radius 1 is 1.39 bits per heavy atom. The first-order valence-electron chi connectivity index (χ1n) is 7.40. The number of hydrogen-bond donors (Lipinski definition) is 2. The van der Waals surface area contributed by atoms with Gasteiger partial charge in [0.15, 0.2) is 0 Å². The molecule has 0 amide bonds. The number of rotatable bonds is 9. The van der Waals surface area contributed by atoms with Crippen LogP contribution in [0, 0.1) is 0 Å². The lowest BCUT2D eigenvalue weighted by atomic mass is 10.0. The van der Waals surface area contributed by atoms with E-state index in [0.717, 1.165) is 19.5 Å². The molecule has 0 spiro atoms. The van der Waals surface area contributed by atoms with Gasteiger partial charge >= 0.3 is 5.97 Å². The van der Waals surface area contributed by atoms with Crippen molar-refractivity contribution in [2.45, 2.75) is 57.9 Å². The lowest BCUT2D eigenvalue weighted by molar-refractivity contribution is -0.137. The molecule has 0 aliphatic carbocycles. The first kappa shape index (κ1) is 15.4. The third-order valence-corrected chi connectivity index (χ3v) is 3.58. The van der Waals surface area contributed by atoms with Crippen LogP contribution in [0.25, 0.3) is 0 Å². The van der Waals surface area contributed by atoms with E-state index in [0.29, 0.717) is 6.04 Å². The summed E-state index contributed by atoms with van der Waals surface area (Å²) >= 11 is 0. The van der Waals surface area contributed by atoms with Crippen LogP contribution in [0.2, 0.25) is 0 Å². The van der Waals surface area contributed by atoms with Gasteiger partial charge in [-0.2, -0.15) is 0 Å². The van der Waals surface area contributed by atoms with Crippen LogP contribution in [0.15, 0.2) is 0 Å². The highest BCUT2D eigenvalue weighted by molar-refractivity contribution is 5.66. The normalized spacial score (nSPS) is 21.1. The molecule has 1 atom stereocenters. The van der Waals surface area contributed by atoms with Crippen molar-refractivity contribution in [1.82, 2.24) is 10.2 Å². The molecule has 0 radical (unpaired) electrons. The molecule has 1 aliphatic heterocycles. The van der Waals surface area contributed by atoms with Gasteiger partial charge in [0.1, 0.15) is 0 Å². The van der Waals surface area contributed by atoms with Gasteiger partial charge in [-0.1, -0.05) is 19.8 Å². The molecule has 1 saturated heterocycles. The zero-order chi connectivity index (χ0) is 13.2. The van der Waals surface area contributed by atoms with Crippen molar-refractivity contribution in [2.75, 3.05) is 26.2 Å². The predicted octanol–water partition coefficient (Wildman–Crippen LogP) is 2.10. The molecule has 1 heterocycles. The molecule has 4 nitrogen and oxygen atoms in total. The third kappa shape index (κ3) is 6.97. The van der Waals surface area contributed by atoms with Gasteiger partial charge in [0.25, 0.3) is 0 Å². The minimum absolute atomic E-state index is 0.278. The molecule has 0 bridgehead atoms.